The molecule has 5 heteroatoms. The molecule has 0 bridgehead atoms. The summed E-state index contributed by atoms with van der Waals surface area (Å²) >= 11 is 0. The van der Waals surface area contributed by atoms with E-state index in [1.807, 2.05) is 0 Å². The Bertz CT molecular complexity index is 243. The van der Waals surface area contributed by atoms with Crippen molar-refractivity contribution in [2.24, 2.45) is 5.92 Å². The van der Waals surface area contributed by atoms with E-state index in [4.69, 9.17) is 5.11 Å². The van der Waals surface area contributed by atoms with Crippen LogP contribution in [0.5, 0.6) is 0 Å². The summed E-state index contributed by atoms with van der Waals surface area (Å²) in [7, 11) is 1.68. The topological polar surface area (TPSA) is 69.6 Å². The first-order valence-electron chi connectivity index (χ1n) is 5.66. The minimum Gasteiger partial charge on any atom is -0.480 e. The van der Waals surface area contributed by atoms with Gasteiger partial charge in [-0.25, -0.2) is 9.59 Å². The van der Waals surface area contributed by atoms with Crippen molar-refractivity contribution in [1.82, 2.24) is 10.2 Å². The zero-order chi connectivity index (χ0) is 12.7. The highest BCUT2D eigenvalue weighted by Crippen LogP contribution is 2.03. The molecule has 0 aliphatic carbocycles. The number of carbonyl (C=O) groups excluding carboxylic acids is 1. The molecule has 0 saturated heterocycles. The second-order valence-corrected chi connectivity index (χ2v) is 4.14. The number of nitrogens with zero attached hydrogens (tertiary/aromatic N) is 1. The fourth-order valence-corrected chi connectivity index (χ4v) is 1.28. The van der Waals surface area contributed by atoms with Crippen molar-refractivity contribution in [3.05, 3.63) is 0 Å². The van der Waals surface area contributed by atoms with Gasteiger partial charge in [-0.3, -0.25) is 0 Å². The summed E-state index contributed by atoms with van der Waals surface area (Å²) in [4.78, 5) is 23.9. The molecule has 0 aliphatic heterocycles. The van der Waals surface area contributed by atoms with E-state index in [1.54, 1.807) is 14.0 Å². The summed E-state index contributed by atoms with van der Waals surface area (Å²) in [6.07, 6.45) is 1.38. The number of rotatable bonds is 6. The predicted octanol–water partition coefficient (Wildman–Crippen LogP) is 1.54. The molecule has 0 saturated carbocycles. The molecule has 2 N–H and O–H groups in total. The SMILES string of the molecule is CCC(C)CN(C)C(=O)N[C@@H](CC)C(=O)O. The zero-order valence-corrected chi connectivity index (χ0v) is 10.5. The summed E-state index contributed by atoms with van der Waals surface area (Å²) in [5.41, 5.74) is 0. The monoisotopic (exact) mass is 230 g/mol. The van der Waals surface area contributed by atoms with E-state index in [0.717, 1.165) is 6.42 Å². The molecule has 0 aromatic heterocycles. The van der Waals surface area contributed by atoms with Crippen LogP contribution >= 0.6 is 0 Å². The maximum Gasteiger partial charge on any atom is 0.326 e. The second-order valence-electron chi connectivity index (χ2n) is 4.14. The van der Waals surface area contributed by atoms with Crippen LogP contribution in [0, 0.1) is 5.92 Å². The van der Waals surface area contributed by atoms with Crippen LogP contribution in [0.25, 0.3) is 0 Å². The molecule has 0 rings (SSSR count). The number of urea groups is 1. The molecule has 0 aliphatic rings. The molecular weight excluding hydrogens is 208 g/mol. The molecule has 94 valence electrons. The normalized spacial score (nSPS) is 14.0. The molecule has 0 aromatic rings. The Balaban J connectivity index is 4.18. The van der Waals surface area contributed by atoms with Gasteiger partial charge in [0, 0.05) is 13.6 Å². The fraction of sp³-hybridized carbons (Fsp3) is 0.818. The van der Waals surface area contributed by atoms with Crippen molar-refractivity contribution < 1.29 is 14.7 Å². The Hall–Kier alpha value is -1.26. The van der Waals surface area contributed by atoms with E-state index in [-0.39, 0.29) is 6.03 Å². The maximum absolute atomic E-state index is 11.6. The van der Waals surface area contributed by atoms with Gasteiger partial charge in [-0.05, 0) is 12.3 Å². The Morgan fingerprint density at radius 1 is 1.31 bits per heavy atom. The lowest BCUT2D eigenvalue weighted by Gasteiger charge is -2.23. The van der Waals surface area contributed by atoms with Crippen LogP contribution in [0.15, 0.2) is 0 Å². The average Bonchev–Trinajstić information content (AvgIpc) is 2.24. The van der Waals surface area contributed by atoms with Crippen molar-refractivity contribution in [3.8, 4) is 0 Å². The molecule has 5 nitrogen and oxygen atoms in total. The summed E-state index contributed by atoms with van der Waals surface area (Å²) in [6, 6.07) is -1.12. The van der Waals surface area contributed by atoms with E-state index in [9.17, 15) is 9.59 Å². The number of amides is 2. The van der Waals surface area contributed by atoms with Gasteiger partial charge in [0.05, 0.1) is 0 Å². The van der Waals surface area contributed by atoms with Crippen LogP contribution in [0.4, 0.5) is 4.79 Å². The highest BCUT2D eigenvalue weighted by molar-refractivity contribution is 5.82. The number of hydrogen-bond acceptors (Lipinski definition) is 2. The van der Waals surface area contributed by atoms with Gasteiger partial charge in [-0.1, -0.05) is 27.2 Å². The predicted molar refractivity (Wildman–Crippen MR) is 62.3 cm³/mol. The number of carboxylic acids is 1. The average molecular weight is 230 g/mol. The van der Waals surface area contributed by atoms with Gasteiger partial charge in [0.25, 0.3) is 0 Å². The van der Waals surface area contributed by atoms with E-state index in [2.05, 4.69) is 19.2 Å². The molecule has 2 atom stereocenters. The van der Waals surface area contributed by atoms with Gasteiger partial charge in [0.15, 0.2) is 0 Å². The van der Waals surface area contributed by atoms with Gasteiger partial charge in [-0.15, -0.1) is 0 Å². The van der Waals surface area contributed by atoms with Crippen LogP contribution < -0.4 is 5.32 Å². The highest BCUT2D eigenvalue weighted by Gasteiger charge is 2.20. The van der Waals surface area contributed by atoms with Crippen molar-refractivity contribution in [1.29, 1.82) is 0 Å². The fourth-order valence-electron chi connectivity index (χ4n) is 1.28. The molecule has 0 radical (unpaired) electrons. The Morgan fingerprint density at radius 2 is 1.88 bits per heavy atom. The van der Waals surface area contributed by atoms with E-state index in [0.29, 0.717) is 18.9 Å². The second kappa shape index (κ2) is 7.09. The number of aliphatic carboxylic acids is 1. The van der Waals surface area contributed by atoms with E-state index < -0.39 is 12.0 Å². The van der Waals surface area contributed by atoms with Gasteiger partial charge < -0.3 is 15.3 Å². The van der Waals surface area contributed by atoms with Crippen LogP contribution in [0.1, 0.15) is 33.6 Å². The summed E-state index contributed by atoms with van der Waals surface area (Å²) in [5, 5.41) is 11.3. The molecule has 2 amide bonds. The first kappa shape index (κ1) is 14.7. The Morgan fingerprint density at radius 3 is 2.25 bits per heavy atom. The summed E-state index contributed by atoms with van der Waals surface area (Å²) in [6.45, 7) is 6.48. The Labute approximate surface area is 96.8 Å². The van der Waals surface area contributed by atoms with Gasteiger partial charge in [-0.2, -0.15) is 0 Å². The van der Waals surface area contributed by atoms with Crippen LogP contribution in [-0.4, -0.2) is 41.6 Å². The van der Waals surface area contributed by atoms with Crippen LogP contribution in [0.3, 0.4) is 0 Å². The Kier molecular flexibility index (Phi) is 6.53. The smallest absolute Gasteiger partial charge is 0.326 e. The first-order valence-corrected chi connectivity index (χ1v) is 5.66. The quantitative estimate of drug-likeness (QED) is 0.727. The van der Waals surface area contributed by atoms with Crippen molar-refractivity contribution in [3.63, 3.8) is 0 Å². The molecule has 0 fully saturated rings. The standard InChI is InChI=1S/C11H22N2O3/c1-5-8(3)7-13(4)11(16)12-9(6-2)10(14)15/h8-9H,5-7H2,1-4H3,(H,12,16)(H,14,15)/t8?,9-/m0/s1. The number of nitrogens with one attached hydrogen (secondary N) is 1. The molecular formula is C11H22N2O3. The van der Waals surface area contributed by atoms with Crippen molar-refractivity contribution in [2.75, 3.05) is 13.6 Å². The zero-order valence-electron chi connectivity index (χ0n) is 10.5. The molecule has 0 heterocycles. The number of carboxylic acid groups (broad SMARTS) is 1. The van der Waals surface area contributed by atoms with Crippen LogP contribution in [0.2, 0.25) is 0 Å². The first-order chi connectivity index (χ1) is 7.42. The lowest BCUT2D eigenvalue weighted by atomic mass is 10.1. The largest absolute Gasteiger partial charge is 0.480 e. The van der Waals surface area contributed by atoms with Crippen molar-refractivity contribution >= 4 is 12.0 Å². The summed E-state index contributed by atoms with van der Waals surface area (Å²) in [5.74, 6) is -0.576. The van der Waals surface area contributed by atoms with Gasteiger partial charge in [0.2, 0.25) is 0 Å². The number of carbonyl (C=O) groups is 2. The molecule has 1 unspecified atom stereocenters. The third kappa shape index (κ3) is 5.00. The maximum atomic E-state index is 11.6. The minimum absolute atomic E-state index is 0.324. The third-order valence-corrected chi connectivity index (χ3v) is 2.63. The highest BCUT2D eigenvalue weighted by atomic mass is 16.4. The van der Waals surface area contributed by atoms with E-state index in [1.165, 1.54) is 4.90 Å². The van der Waals surface area contributed by atoms with Gasteiger partial charge >= 0.3 is 12.0 Å². The molecule has 0 aromatic carbocycles. The number of hydrogen-bond donors (Lipinski definition) is 2. The summed E-state index contributed by atoms with van der Waals surface area (Å²) < 4.78 is 0. The van der Waals surface area contributed by atoms with E-state index >= 15 is 0 Å². The third-order valence-electron chi connectivity index (χ3n) is 2.63. The lowest BCUT2D eigenvalue weighted by molar-refractivity contribution is -0.139. The van der Waals surface area contributed by atoms with Crippen molar-refractivity contribution in [2.45, 2.75) is 39.7 Å². The molecule has 16 heavy (non-hydrogen) atoms. The van der Waals surface area contributed by atoms with Gasteiger partial charge in [0.1, 0.15) is 6.04 Å². The van der Waals surface area contributed by atoms with Crippen LogP contribution in [-0.2, 0) is 4.79 Å². The molecule has 0 spiro atoms. The minimum atomic E-state index is -0.993. The lowest BCUT2D eigenvalue weighted by Crippen LogP contribution is -2.47.